The largest absolute Gasteiger partial charge is 0.212 e. The fourth-order valence-electron chi connectivity index (χ4n) is 4.19. The van der Waals surface area contributed by atoms with Gasteiger partial charge in [-0.3, -0.25) is 0 Å². The molecule has 2 aromatic heterocycles. The van der Waals surface area contributed by atoms with Gasteiger partial charge in [0.25, 0.3) is 0 Å². The lowest BCUT2D eigenvalue weighted by molar-refractivity contribution is -0.678. The van der Waals surface area contributed by atoms with Gasteiger partial charge >= 0.3 is 0 Å². The molecule has 154 valence electrons. The van der Waals surface area contributed by atoms with E-state index in [1.54, 1.807) is 0 Å². The number of hydrogen-bond acceptors (Lipinski definition) is 0. The molecule has 0 spiro atoms. The van der Waals surface area contributed by atoms with E-state index in [1.807, 2.05) is 0 Å². The first-order valence-electron chi connectivity index (χ1n) is 11.0. The summed E-state index contributed by atoms with van der Waals surface area (Å²) in [6.45, 7) is 1.67. The van der Waals surface area contributed by atoms with Gasteiger partial charge in [-0.15, -0.1) is 0 Å². The second-order valence-corrected chi connectivity index (χ2v) is 7.98. The van der Waals surface area contributed by atoms with Crippen LogP contribution in [0.3, 0.4) is 0 Å². The zero-order valence-electron chi connectivity index (χ0n) is 18.0. The molecule has 0 saturated heterocycles. The van der Waals surface area contributed by atoms with E-state index < -0.39 is 0 Å². The number of benzene rings is 3. The van der Waals surface area contributed by atoms with E-state index in [1.165, 1.54) is 33.6 Å². The normalized spacial score (nSPS) is 10.8. The van der Waals surface area contributed by atoms with Crippen LogP contribution in [0.5, 0.6) is 0 Å². The predicted molar refractivity (Wildman–Crippen MR) is 129 cm³/mol. The van der Waals surface area contributed by atoms with Gasteiger partial charge in [-0.05, 0) is 42.5 Å². The van der Waals surface area contributed by atoms with E-state index in [-0.39, 0.29) is 0 Å². The fraction of sp³-hybridized carbons (Fsp3) is 0.0667. The third-order valence-electron chi connectivity index (χ3n) is 5.72. The highest BCUT2D eigenvalue weighted by molar-refractivity contribution is 5.56. The van der Waals surface area contributed by atoms with E-state index in [9.17, 15) is 0 Å². The molecule has 2 heteroatoms. The lowest BCUT2D eigenvalue weighted by atomic mass is 10.1. The summed E-state index contributed by atoms with van der Waals surface area (Å²) in [5.41, 5.74) is 7.51. The van der Waals surface area contributed by atoms with E-state index in [0.29, 0.717) is 0 Å². The first-order valence-corrected chi connectivity index (χ1v) is 11.0. The Bertz CT molecular complexity index is 1210. The van der Waals surface area contributed by atoms with Crippen LogP contribution in [0.25, 0.3) is 22.5 Å². The molecule has 0 atom stereocenters. The van der Waals surface area contributed by atoms with Gasteiger partial charge in [0.05, 0.1) is 0 Å². The van der Waals surface area contributed by atoms with Gasteiger partial charge in [0, 0.05) is 46.5 Å². The Morgan fingerprint density at radius 1 is 0.406 bits per heavy atom. The van der Waals surface area contributed by atoms with E-state index in [2.05, 4.69) is 143 Å². The van der Waals surface area contributed by atoms with Crippen molar-refractivity contribution in [3.8, 4) is 22.5 Å². The highest BCUT2D eigenvalue weighted by Crippen LogP contribution is 2.17. The van der Waals surface area contributed by atoms with E-state index >= 15 is 0 Å². The summed E-state index contributed by atoms with van der Waals surface area (Å²) >= 11 is 0. The maximum atomic E-state index is 2.32. The Morgan fingerprint density at radius 2 is 0.844 bits per heavy atom. The monoisotopic (exact) mass is 414 g/mol. The number of aromatic nitrogens is 2. The standard InChI is InChI=1S/C30H26N2/c1-3-14-27(15-4-1)29-18-7-9-20-31(29)23-25-12-11-13-26(22-25)24-32-21-10-8-19-30(32)28-16-5-2-6-17-28/h1-22H,23-24H2/q+2. The maximum Gasteiger partial charge on any atom is 0.212 e. The quantitative estimate of drug-likeness (QED) is 0.315. The van der Waals surface area contributed by atoms with Crippen LogP contribution < -0.4 is 9.13 Å². The summed E-state index contributed by atoms with van der Waals surface area (Å²) in [6, 6.07) is 42.9. The number of hydrogen-bond donors (Lipinski definition) is 0. The van der Waals surface area contributed by atoms with Crippen molar-refractivity contribution in [3.63, 3.8) is 0 Å². The van der Waals surface area contributed by atoms with Crippen LogP contribution in [0.2, 0.25) is 0 Å². The Labute approximate surface area is 189 Å². The topological polar surface area (TPSA) is 7.76 Å². The van der Waals surface area contributed by atoms with E-state index in [0.717, 1.165) is 13.1 Å². The number of pyridine rings is 2. The van der Waals surface area contributed by atoms with Crippen LogP contribution in [-0.2, 0) is 13.1 Å². The van der Waals surface area contributed by atoms with Crippen molar-refractivity contribution in [2.45, 2.75) is 13.1 Å². The third kappa shape index (κ3) is 4.50. The van der Waals surface area contributed by atoms with Gasteiger partial charge in [-0.25, -0.2) is 0 Å². The SMILES string of the molecule is c1ccc(-c2cccc[n+]2Cc2cccc(C[n+]3ccccc3-c3ccccc3)c2)cc1. The van der Waals surface area contributed by atoms with Crippen molar-refractivity contribution in [3.05, 3.63) is 145 Å². The molecular weight excluding hydrogens is 388 g/mol. The zero-order chi connectivity index (χ0) is 21.6. The molecule has 5 aromatic rings. The molecule has 2 nitrogen and oxygen atoms in total. The molecule has 3 aromatic carbocycles. The van der Waals surface area contributed by atoms with E-state index in [4.69, 9.17) is 0 Å². The lowest BCUT2D eigenvalue weighted by Gasteiger charge is -2.07. The average Bonchev–Trinajstić information content (AvgIpc) is 2.86. The second-order valence-electron chi connectivity index (χ2n) is 7.98. The Balaban J connectivity index is 1.42. The summed E-state index contributed by atoms with van der Waals surface area (Å²) in [5.74, 6) is 0. The summed E-state index contributed by atoms with van der Waals surface area (Å²) in [5, 5.41) is 0. The zero-order valence-corrected chi connectivity index (χ0v) is 18.0. The molecule has 0 aliphatic carbocycles. The Kier molecular flexibility index (Phi) is 5.85. The predicted octanol–water partition coefficient (Wildman–Crippen LogP) is 5.69. The highest BCUT2D eigenvalue weighted by Gasteiger charge is 2.15. The first kappa shape index (κ1) is 19.9. The van der Waals surface area contributed by atoms with Crippen LogP contribution in [0.4, 0.5) is 0 Å². The summed E-state index contributed by atoms with van der Waals surface area (Å²) < 4.78 is 4.64. The smallest absolute Gasteiger partial charge is 0.194 e. The van der Waals surface area contributed by atoms with Crippen molar-refractivity contribution in [2.24, 2.45) is 0 Å². The average molecular weight is 415 g/mol. The van der Waals surface area contributed by atoms with Crippen LogP contribution in [0, 0.1) is 0 Å². The van der Waals surface area contributed by atoms with Crippen LogP contribution in [0.1, 0.15) is 11.1 Å². The van der Waals surface area contributed by atoms with Crippen LogP contribution in [0.15, 0.2) is 134 Å². The highest BCUT2D eigenvalue weighted by atomic mass is 15.0. The first-order chi connectivity index (χ1) is 15.9. The Morgan fingerprint density at radius 3 is 1.31 bits per heavy atom. The molecule has 0 radical (unpaired) electrons. The van der Waals surface area contributed by atoms with Crippen molar-refractivity contribution in [1.29, 1.82) is 0 Å². The second kappa shape index (κ2) is 9.40. The summed E-state index contributed by atoms with van der Waals surface area (Å²) in [6.07, 6.45) is 4.32. The molecule has 5 rings (SSSR count). The van der Waals surface area contributed by atoms with Crippen LogP contribution in [-0.4, -0.2) is 0 Å². The molecule has 0 amide bonds. The van der Waals surface area contributed by atoms with Gasteiger partial charge in [-0.1, -0.05) is 54.6 Å². The van der Waals surface area contributed by atoms with Gasteiger partial charge in [0.1, 0.15) is 0 Å². The molecule has 0 bridgehead atoms. The van der Waals surface area contributed by atoms with Gasteiger partial charge in [0.2, 0.25) is 11.4 Å². The molecule has 0 N–H and O–H groups in total. The molecule has 32 heavy (non-hydrogen) atoms. The Hall–Kier alpha value is -4.04. The van der Waals surface area contributed by atoms with Gasteiger partial charge in [0.15, 0.2) is 25.5 Å². The molecule has 0 aliphatic heterocycles. The molecule has 0 saturated carbocycles. The van der Waals surface area contributed by atoms with Crippen molar-refractivity contribution in [1.82, 2.24) is 0 Å². The molecule has 0 unspecified atom stereocenters. The minimum atomic E-state index is 0.837. The maximum absolute atomic E-state index is 2.32. The minimum absolute atomic E-state index is 0.837. The summed E-state index contributed by atoms with van der Waals surface area (Å²) in [4.78, 5) is 0. The van der Waals surface area contributed by atoms with Crippen molar-refractivity contribution >= 4 is 0 Å². The molecule has 0 fully saturated rings. The van der Waals surface area contributed by atoms with Gasteiger partial charge in [-0.2, -0.15) is 9.13 Å². The van der Waals surface area contributed by atoms with Crippen LogP contribution >= 0.6 is 0 Å². The fourth-order valence-corrected chi connectivity index (χ4v) is 4.19. The van der Waals surface area contributed by atoms with Gasteiger partial charge < -0.3 is 0 Å². The number of nitrogens with zero attached hydrogens (tertiary/aromatic N) is 2. The molecule has 0 aliphatic rings. The number of rotatable bonds is 6. The minimum Gasteiger partial charge on any atom is -0.194 e. The summed E-state index contributed by atoms with van der Waals surface area (Å²) in [7, 11) is 0. The van der Waals surface area contributed by atoms with Crippen molar-refractivity contribution < 1.29 is 9.13 Å². The van der Waals surface area contributed by atoms with Crippen molar-refractivity contribution in [2.75, 3.05) is 0 Å². The molecule has 2 heterocycles. The lowest BCUT2D eigenvalue weighted by Crippen LogP contribution is -2.37. The molecular formula is C30H26N2+2. The third-order valence-corrected chi connectivity index (χ3v) is 5.72.